The molecule has 0 radical (unpaired) electrons. The first kappa shape index (κ1) is 12.6. The molecule has 2 amide bonds. The molecule has 1 aliphatic rings. The largest absolute Gasteiger partial charge is 0.497 e. The summed E-state index contributed by atoms with van der Waals surface area (Å²) >= 11 is 0. The van der Waals surface area contributed by atoms with E-state index in [4.69, 9.17) is 10.5 Å². The zero-order chi connectivity index (χ0) is 13.1. The minimum absolute atomic E-state index is 0.140. The highest BCUT2D eigenvalue weighted by Gasteiger charge is 2.30. The van der Waals surface area contributed by atoms with Gasteiger partial charge in [-0.25, -0.2) is 0 Å². The van der Waals surface area contributed by atoms with Crippen molar-refractivity contribution in [2.45, 2.75) is 18.9 Å². The average Bonchev–Trinajstić information content (AvgIpc) is 2.70. The Bertz CT molecular complexity index is 457. The molecule has 18 heavy (non-hydrogen) atoms. The second-order valence-electron chi connectivity index (χ2n) is 4.28. The van der Waals surface area contributed by atoms with Crippen molar-refractivity contribution in [2.24, 2.45) is 5.73 Å². The van der Waals surface area contributed by atoms with Gasteiger partial charge in [-0.1, -0.05) is 12.1 Å². The summed E-state index contributed by atoms with van der Waals surface area (Å²) in [5.41, 5.74) is 6.87. The second-order valence-corrected chi connectivity index (χ2v) is 4.28. The van der Waals surface area contributed by atoms with Crippen LogP contribution in [0.25, 0.3) is 0 Å². The molecule has 1 saturated heterocycles. The highest BCUT2D eigenvalue weighted by molar-refractivity contribution is 6.01. The van der Waals surface area contributed by atoms with Crippen LogP contribution >= 0.6 is 0 Å². The lowest BCUT2D eigenvalue weighted by atomic mass is 10.1. The monoisotopic (exact) mass is 248 g/mol. The molecule has 0 saturated carbocycles. The van der Waals surface area contributed by atoms with Gasteiger partial charge in [0, 0.05) is 25.4 Å². The highest BCUT2D eigenvalue weighted by atomic mass is 16.5. The van der Waals surface area contributed by atoms with Gasteiger partial charge in [0.2, 0.25) is 11.8 Å². The number of hydrogen-bond acceptors (Lipinski definition) is 4. The first-order chi connectivity index (χ1) is 8.61. The Balaban J connectivity index is 2.09. The maximum absolute atomic E-state index is 11.5. The molecule has 2 N–H and O–H groups in total. The van der Waals surface area contributed by atoms with Gasteiger partial charge in [-0.3, -0.25) is 14.5 Å². The summed E-state index contributed by atoms with van der Waals surface area (Å²) in [6.45, 7) is 0.227. The molecule has 0 aromatic heterocycles. The van der Waals surface area contributed by atoms with E-state index in [0.29, 0.717) is 18.6 Å². The first-order valence-electron chi connectivity index (χ1n) is 5.84. The van der Waals surface area contributed by atoms with E-state index < -0.39 is 0 Å². The van der Waals surface area contributed by atoms with Crippen molar-refractivity contribution in [3.8, 4) is 5.75 Å². The molecule has 1 unspecified atom stereocenters. The van der Waals surface area contributed by atoms with Gasteiger partial charge in [0.1, 0.15) is 5.75 Å². The lowest BCUT2D eigenvalue weighted by Gasteiger charge is -2.19. The van der Waals surface area contributed by atoms with Crippen LogP contribution in [0.5, 0.6) is 5.75 Å². The summed E-state index contributed by atoms with van der Waals surface area (Å²) < 4.78 is 5.11. The normalized spacial score (nSPS) is 17.1. The van der Waals surface area contributed by atoms with Gasteiger partial charge < -0.3 is 10.5 Å². The van der Waals surface area contributed by atoms with E-state index >= 15 is 0 Å². The van der Waals surface area contributed by atoms with Crippen molar-refractivity contribution in [2.75, 3.05) is 13.7 Å². The molecule has 0 bridgehead atoms. The molecule has 1 atom stereocenters. The van der Waals surface area contributed by atoms with Crippen LogP contribution < -0.4 is 10.5 Å². The molecular weight excluding hydrogens is 232 g/mol. The SMILES string of the molecule is COc1cccc(C(N)CN2C(=O)CCC2=O)c1. The van der Waals surface area contributed by atoms with Gasteiger partial charge in [0.15, 0.2) is 0 Å². The molecule has 96 valence electrons. The Morgan fingerprint density at radius 1 is 1.33 bits per heavy atom. The minimum atomic E-state index is -0.383. The summed E-state index contributed by atoms with van der Waals surface area (Å²) in [7, 11) is 1.58. The van der Waals surface area contributed by atoms with E-state index in [9.17, 15) is 9.59 Å². The number of nitrogens with two attached hydrogens (primary N) is 1. The van der Waals surface area contributed by atoms with Crippen molar-refractivity contribution in [1.82, 2.24) is 4.90 Å². The maximum atomic E-state index is 11.5. The number of carbonyl (C=O) groups is 2. The van der Waals surface area contributed by atoms with E-state index in [1.54, 1.807) is 7.11 Å². The van der Waals surface area contributed by atoms with Crippen LogP contribution in [0.2, 0.25) is 0 Å². The van der Waals surface area contributed by atoms with E-state index in [0.717, 1.165) is 5.56 Å². The van der Waals surface area contributed by atoms with Crippen LogP contribution in [0, 0.1) is 0 Å². The lowest BCUT2D eigenvalue weighted by molar-refractivity contribution is -0.138. The third-order valence-corrected chi connectivity index (χ3v) is 3.06. The third-order valence-electron chi connectivity index (χ3n) is 3.06. The molecule has 1 heterocycles. The zero-order valence-corrected chi connectivity index (χ0v) is 10.3. The van der Waals surface area contributed by atoms with Crippen LogP contribution in [0.15, 0.2) is 24.3 Å². The molecule has 5 nitrogen and oxygen atoms in total. The molecule has 1 aliphatic heterocycles. The lowest BCUT2D eigenvalue weighted by Crippen LogP contribution is -2.36. The summed E-state index contributed by atoms with van der Waals surface area (Å²) in [5, 5.41) is 0. The van der Waals surface area contributed by atoms with Gasteiger partial charge in [0.05, 0.1) is 7.11 Å². The Kier molecular flexibility index (Phi) is 3.62. The first-order valence-corrected chi connectivity index (χ1v) is 5.84. The van der Waals surface area contributed by atoms with Crippen molar-refractivity contribution >= 4 is 11.8 Å². The van der Waals surface area contributed by atoms with E-state index in [1.807, 2.05) is 24.3 Å². The van der Waals surface area contributed by atoms with Crippen LogP contribution in [0.1, 0.15) is 24.4 Å². The van der Waals surface area contributed by atoms with Crippen LogP contribution in [0.4, 0.5) is 0 Å². The highest BCUT2D eigenvalue weighted by Crippen LogP contribution is 2.20. The summed E-state index contributed by atoms with van der Waals surface area (Å²) in [4.78, 5) is 24.2. The fourth-order valence-electron chi connectivity index (χ4n) is 2.00. The maximum Gasteiger partial charge on any atom is 0.229 e. The zero-order valence-electron chi connectivity index (χ0n) is 10.3. The number of methoxy groups -OCH3 is 1. The number of carbonyl (C=O) groups excluding carboxylic acids is 2. The molecular formula is C13H16N2O3. The molecule has 5 heteroatoms. The molecule has 1 aromatic rings. The average molecular weight is 248 g/mol. The fourth-order valence-corrected chi connectivity index (χ4v) is 2.00. The third kappa shape index (κ3) is 2.51. The van der Waals surface area contributed by atoms with Crippen molar-refractivity contribution in [3.05, 3.63) is 29.8 Å². The fraction of sp³-hybridized carbons (Fsp3) is 0.385. The quantitative estimate of drug-likeness (QED) is 0.801. The molecule has 1 aromatic carbocycles. The van der Waals surface area contributed by atoms with Crippen LogP contribution in [-0.4, -0.2) is 30.4 Å². The summed E-state index contributed by atoms with van der Waals surface area (Å²) in [6.07, 6.45) is 0.591. The van der Waals surface area contributed by atoms with Gasteiger partial charge >= 0.3 is 0 Å². The topological polar surface area (TPSA) is 72.6 Å². The smallest absolute Gasteiger partial charge is 0.229 e. The summed E-state index contributed by atoms with van der Waals surface area (Å²) in [5.74, 6) is 0.429. The van der Waals surface area contributed by atoms with Crippen LogP contribution in [0.3, 0.4) is 0 Å². The molecule has 1 fully saturated rings. The Hall–Kier alpha value is -1.88. The second kappa shape index (κ2) is 5.18. The van der Waals surface area contributed by atoms with E-state index in [-0.39, 0.29) is 24.4 Å². The number of likely N-dealkylation sites (tertiary alicyclic amines) is 1. The van der Waals surface area contributed by atoms with Crippen molar-refractivity contribution < 1.29 is 14.3 Å². The summed E-state index contributed by atoms with van der Waals surface area (Å²) in [6, 6.07) is 6.95. The van der Waals surface area contributed by atoms with E-state index in [2.05, 4.69) is 0 Å². The molecule has 0 spiro atoms. The predicted molar refractivity (Wildman–Crippen MR) is 65.9 cm³/mol. The van der Waals surface area contributed by atoms with Gasteiger partial charge in [-0.2, -0.15) is 0 Å². The standard InChI is InChI=1S/C13H16N2O3/c1-18-10-4-2-3-9(7-10)11(14)8-15-12(16)5-6-13(15)17/h2-4,7,11H,5-6,8,14H2,1H3. The molecule has 0 aliphatic carbocycles. The Morgan fingerprint density at radius 3 is 2.61 bits per heavy atom. The predicted octanol–water partition coefficient (Wildman–Crippen LogP) is 0.844. The number of amides is 2. The van der Waals surface area contributed by atoms with Gasteiger partial charge in [0.25, 0.3) is 0 Å². The Morgan fingerprint density at radius 2 is 2.00 bits per heavy atom. The van der Waals surface area contributed by atoms with E-state index in [1.165, 1.54) is 4.90 Å². The van der Waals surface area contributed by atoms with Crippen molar-refractivity contribution in [1.29, 1.82) is 0 Å². The number of nitrogens with zero attached hydrogens (tertiary/aromatic N) is 1. The number of rotatable bonds is 4. The molecule has 2 rings (SSSR count). The number of hydrogen-bond donors (Lipinski definition) is 1. The number of imide groups is 1. The number of benzene rings is 1. The van der Waals surface area contributed by atoms with Gasteiger partial charge in [-0.05, 0) is 17.7 Å². The van der Waals surface area contributed by atoms with Gasteiger partial charge in [-0.15, -0.1) is 0 Å². The van der Waals surface area contributed by atoms with Crippen LogP contribution in [-0.2, 0) is 9.59 Å². The Labute approximate surface area is 106 Å². The number of ether oxygens (including phenoxy) is 1. The minimum Gasteiger partial charge on any atom is -0.497 e. The van der Waals surface area contributed by atoms with Crippen molar-refractivity contribution in [3.63, 3.8) is 0 Å².